The van der Waals surface area contributed by atoms with E-state index in [4.69, 9.17) is 9.47 Å². The Hall–Kier alpha value is -3.73. The summed E-state index contributed by atoms with van der Waals surface area (Å²) in [5, 5.41) is 19.3. The lowest BCUT2D eigenvalue weighted by Gasteiger charge is -2.01. The van der Waals surface area contributed by atoms with Crippen LogP contribution in [0.4, 0.5) is 5.69 Å². The normalized spacial score (nSPS) is 12.3. The molecule has 0 saturated carbocycles. The summed E-state index contributed by atoms with van der Waals surface area (Å²) in [5.74, 6) is 0.420. The molecule has 2 aromatic carbocycles. The third-order valence-corrected chi connectivity index (χ3v) is 4.72. The van der Waals surface area contributed by atoms with Crippen LogP contribution in [0.3, 0.4) is 0 Å². The second-order valence-electron chi connectivity index (χ2n) is 6.26. The SMILES string of the molecule is O=C(N/N=C\c1ccc2c(c1)OCO2)c1nn(Cc2ccc(Br)cc2)cc1[N+](=O)[O-]. The fourth-order valence-electron chi connectivity index (χ4n) is 2.78. The first kappa shape index (κ1) is 19.6. The lowest BCUT2D eigenvalue weighted by Crippen LogP contribution is -2.19. The number of carbonyl (C=O) groups excluding carboxylic acids is 1. The molecule has 1 aliphatic rings. The summed E-state index contributed by atoms with van der Waals surface area (Å²) in [6.45, 7) is 0.432. The molecule has 4 rings (SSSR count). The van der Waals surface area contributed by atoms with Crippen molar-refractivity contribution < 1.29 is 19.2 Å². The summed E-state index contributed by atoms with van der Waals surface area (Å²) in [6.07, 6.45) is 2.61. The van der Waals surface area contributed by atoms with Gasteiger partial charge in [-0.3, -0.25) is 19.6 Å². The van der Waals surface area contributed by atoms with Crippen LogP contribution in [0.2, 0.25) is 0 Å². The average molecular weight is 472 g/mol. The Morgan fingerprint density at radius 1 is 1.27 bits per heavy atom. The molecule has 1 aromatic heterocycles. The van der Waals surface area contributed by atoms with Gasteiger partial charge in [0.15, 0.2) is 11.5 Å². The first-order chi connectivity index (χ1) is 14.5. The highest BCUT2D eigenvalue weighted by atomic mass is 79.9. The molecule has 0 fully saturated rings. The summed E-state index contributed by atoms with van der Waals surface area (Å²) in [6, 6.07) is 12.6. The fraction of sp³-hybridized carbons (Fsp3) is 0.105. The van der Waals surface area contributed by atoms with E-state index in [0.29, 0.717) is 17.1 Å². The fourth-order valence-corrected chi connectivity index (χ4v) is 3.04. The van der Waals surface area contributed by atoms with Crippen molar-refractivity contribution in [2.45, 2.75) is 6.54 Å². The Bertz CT molecular complexity index is 1140. The molecule has 0 unspecified atom stereocenters. The minimum absolute atomic E-state index is 0.152. The standard InChI is InChI=1S/C19H14BrN5O5/c20-14-4-1-12(2-5-14)9-24-10-15(25(27)28)18(23-24)19(26)22-21-8-13-3-6-16-17(7-13)30-11-29-16/h1-8,10H,9,11H2,(H,22,26)/b21-8-. The Balaban J connectivity index is 1.47. The first-order valence-electron chi connectivity index (χ1n) is 8.69. The van der Waals surface area contributed by atoms with Crippen molar-refractivity contribution in [2.24, 2.45) is 5.10 Å². The van der Waals surface area contributed by atoms with Crippen molar-refractivity contribution in [2.75, 3.05) is 6.79 Å². The van der Waals surface area contributed by atoms with E-state index >= 15 is 0 Å². The quantitative estimate of drug-likeness (QED) is 0.335. The van der Waals surface area contributed by atoms with Crippen molar-refractivity contribution in [3.63, 3.8) is 0 Å². The predicted molar refractivity (Wildman–Crippen MR) is 110 cm³/mol. The lowest BCUT2D eigenvalue weighted by atomic mass is 10.2. The van der Waals surface area contributed by atoms with Gasteiger partial charge in [-0.05, 0) is 41.5 Å². The molecule has 1 amide bonds. The zero-order valence-electron chi connectivity index (χ0n) is 15.3. The number of amides is 1. The van der Waals surface area contributed by atoms with E-state index in [1.807, 2.05) is 24.3 Å². The number of hydrazone groups is 1. The summed E-state index contributed by atoms with van der Waals surface area (Å²) >= 11 is 3.35. The third-order valence-electron chi connectivity index (χ3n) is 4.19. The van der Waals surface area contributed by atoms with Crippen LogP contribution >= 0.6 is 15.9 Å². The van der Waals surface area contributed by atoms with Crippen LogP contribution in [-0.2, 0) is 6.54 Å². The first-order valence-corrected chi connectivity index (χ1v) is 9.48. The Labute approximate surface area is 178 Å². The number of fused-ring (bicyclic) bond motifs is 1. The number of rotatable bonds is 6. The smallest absolute Gasteiger partial charge is 0.320 e. The van der Waals surface area contributed by atoms with Crippen molar-refractivity contribution in [1.29, 1.82) is 0 Å². The number of nitro groups is 1. The van der Waals surface area contributed by atoms with Crippen molar-refractivity contribution in [1.82, 2.24) is 15.2 Å². The number of nitrogens with one attached hydrogen (secondary N) is 1. The van der Waals surface area contributed by atoms with Crippen LogP contribution in [-0.4, -0.2) is 33.6 Å². The monoisotopic (exact) mass is 471 g/mol. The molecule has 0 bridgehead atoms. The van der Waals surface area contributed by atoms with E-state index in [1.54, 1.807) is 18.2 Å². The van der Waals surface area contributed by atoms with Crippen molar-refractivity contribution in [3.8, 4) is 11.5 Å². The zero-order valence-corrected chi connectivity index (χ0v) is 16.9. The van der Waals surface area contributed by atoms with Gasteiger partial charge in [0.2, 0.25) is 12.5 Å². The van der Waals surface area contributed by atoms with Gasteiger partial charge < -0.3 is 9.47 Å². The minimum Gasteiger partial charge on any atom is -0.454 e. The van der Waals surface area contributed by atoms with Gasteiger partial charge in [0.1, 0.15) is 6.20 Å². The summed E-state index contributed by atoms with van der Waals surface area (Å²) < 4.78 is 12.8. The summed E-state index contributed by atoms with van der Waals surface area (Å²) in [4.78, 5) is 23.1. The van der Waals surface area contributed by atoms with Gasteiger partial charge in [-0.25, -0.2) is 5.43 Å². The minimum atomic E-state index is -0.784. The molecular formula is C19H14BrN5O5. The van der Waals surface area contributed by atoms with Crippen molar-refractivity contribution in [3.05, 3.63) is 80.1 Å². The van der Waals surface area contributed by atoms with Gasteiger partial charge in [-0.2, -0.15) is 10.2 Å². The molecular weight excluding hydrogens is 458 g/mol. The molecule has 10 nitrogen and oxygen atoms in total. The van der Waals surface area contributed by atoms with Gasteiger partial charge in [0.25, 0.3) is 5.91 Å². The highest BCUT2D eigenvalue weighted by molar-refractivity contribution is 9.10. The van der Waals surface area contributed by atoms with Crippen LogP contribution in [0.15, 0.2) is 58.2 Å². The van der Waals surface area contributed by atoms with E-state index in [-0.39, 0.29) is 19.0 Å². The molecule has 1 N–H and O–H groups in total. The van der Waals surface area contributed by atoms with Crippen LogP contribution in [0.25, 0.3) is 0 Å². The number of ether oxygens (including phenoxy) is 2. The van der Waals surface area contributed by atoms with E-state index in [9.17, 15) is 14.9 Å². The maximum Gasteiger partial charge on any atom is 0.320 e. The third kappa shape index (κ3) is 4.30. The molecule has 0 spiro atoms. The number of benzene rings is 2. The second kappa shape index (κ2) is 8.33. The molecule has 2 heterocycles. The van der Waals surface area contributed by atoms with Crippen molar-refractivity contribution >= 4 is 33.7 Å². The number of halogens is 1. The van der Waals surface area contributed by atoms with Crippen LogP contribution in [0, 0.1) is 10.1 Å². The van der Waals surface area contributed by atoms with Gasteiger partial charge >= 0.3 is 5.69 Å². The Morgan fingerprint density at radius 3 is 2.80 bits per heavy atom. The predicted octanol–water partition coefficient (Wildman–Crippen LogP) is 3.09. The summed E-state index contributed by atoms with van der Waals surface area (Å²) in [7, 11) is 0. The van der Waals surface area contributed by atoms with Crippen LogP contribution in [0.5, 0.6) is 11.5 Å². The largest absolute Gasteiger partial charge is 0.454 e. The Morgan fingerprint density at radius 2 is 2.03 bits per heavy atom. The average Bonchev–Trinajstić information content (AvgIpc) is 3.36. The molecule has 0 aliphatic carbocycles. The number of carbonyl (C=O) groups is 1. The van der Waals surface area contributed by atoms with E-state index in [1.165, 1.54) is 17.1 Å². The van der Waals surface area contributed by atoms with Gasteiger partial charge in [0.05, 0.1) is 17.7 Å². The number of hydrogen-bond donors (Lipinski definition) is 1. The Kier molecular flexibility index (Phi) is 5.44. The highest BCUT2D eigenvalue weighted by Crippen LogP contribution is 2.32. The molecule has 1 aliphatic heterocycles. The second-order valence-corrected chi connectivity index (χ2v) is 7.17. The maximum atomic E-state index is 12.4. The number of nitrogens with zero attached hydrogens (tertiary/aromatic N) is 4. The number of hydrogen-bond acceptors (Lipinski definition) is 7. The topological polar surface area (TPSA) is 121 Å². The molecule has 11 heteroatoms. The summed E-state index contributed by atoms with van der Waals surface area (Å²) in [5.41, 5.74) is 3.09. The van der Waals surface area contributed by atoms with Crippen LogP contribution in [0.1, 0.15) is 21.6 Å². The van der Waals surface area contributed by atoms with E-state index in [0.717, 1.165) is 10.0 Å². The molecule has 0 saturated heterocycles. The zero-order chi connectivity index (χ0) is 21.1. The van der Waals surface area contributed by atoms with Gasteiger partial charge in [-0.1, -0.05) is 28.1 Å². The number of aromatic nitrogens is 2. The van der Waals surface area contributed by atoms with Gasteiger partial charge in [-0.15, -0.1) is 0 Å². The molecule has 0 atom stereocenters. The molecule has 152 valence electrons. The molecule has 30 heavy (non-hydrogen) atoms. The highest BCUT2D eigenvalue weighted by Gasteiger charge is 2.25. The van der Waals surface area contributed by atoms with E-state index in [2.05, 4.69) is 31.6 Å². The molecule has 0 radical (unpaired) electrons. The molecule has 3 aromatic rings. The van der Waals surface area contributed by atoms with Gasteiger partial charge in [0, 0.05) is 4.47 Å². The lowest BCUT2D eigenvalue weighted by molar-refractivity contribution is -0.385. The van der Waals surface area contributed by atoms with Crippen LogP contribution < -0.4 is 14.9 Å². The maximum absolute atomic E-state index is 12.4. The van der Waals surface area contributed by atoms with E-state index < -0.39 is 16.5 Å².